The predicted octanol–water partition coefficient (Wildman–Crippen LogP) is 2.13. The van der Waals surface area contributed by atoms with Crippen molar-refractivity contribution in [3.05, 3.63) is 29.3 Å². The quantitative estimate of drug-likeness (QED) is 0.738. The highest BCUT2D eigenvalue weighted by Crippen LogP contribution is 2.30. The second-order valence-electron chi connectivity index (χ2n) is 4.40. The molecule has 1 aromatic carbocycles. The summed E-state index contributed by atoms with van der Waals surface area (Å²) in [5, 5.41) is 0. The summed E-state index contributed by atoms with van der Waals surface area (Å²) in [6.45, 7) is 5.23. The smallest absolute Gasteiger partial charge is 0.335 e. The summed E-state index contributed by atoms with van der Waals surface area (Å²) >= 11 is 0. The fraction of sp³-hybridized carbons (Fsp3) is 0.533. The van der Waals surface area contributed by atoms with Crippen LogP contribution >= 0.6 is 0 Å². The van der Waals surface area contributed by atoms with E-state index in [1.54, 1.807) is 6.92 Å². The van der Waals surface area contributed by atoms with Crippen LogP contribution in [0.3, 0.4) is 0 Å². The number of esters is 1. The summed E-state index contributed by atoms with van der Waals surface area (Å²) < 4.78 is 16.2. The lowest BCUT2D eigenvalue weighted by molar-refractivity contribution is -0.156. The van der Waals surface area contributed by atoms with Gasteiger partial charge in [-0.1, -0.05) is 18.2 Å². The number of carbonyl (C=O) groups is 1. The molecule has 0 amide bonds. The molecule has 0 radical (unpaired) electrons. The molecule has 0 spiro atoms. The van der Waals surface area contributed by atoms with Crippen LogP contribution in [-0.2, 0) is 27.1 Å². The van der Waals surface area contributed by atoms with Gasteiger partial charge in [0.1, 0.15) is 5.75 Å². The Hall–Kier alpha value is -1.55. The van der Waals surface area contributed by atoms with Crippen LogP contribution in [0, 0.1) is 0 Å². The predicted molar refractivity (Wildman–Crippen MR) is 71.4 cm³/mol. The summed E-state index contributed by atoms with van der Waals surface area (Å²) in [5.41, 5.74) is 2.22. The van der Waals surface area contributed by atoms with Gasteiger partial charge in [0.25, 0.3) is 0 Å². The van der Waals surface area contributed by atoms with E-state index < -0.39 is 6.10 Å². The fourth-order valence-electron chi connectivity index (χ4n) is 2.29. The average Bonchev–Trinajstić information content (AvgIpc) is 2.87. The van der Waals surface area contributed by atoms with Gasteiger partial charge >= 0.3 is 5.97 Å². The molecule has 0 saturated carbocycles. The molecule has 0 N–H and O–H groups in total. The lowest BCUT2D eigenvalue weighted by Crippen LogP contribution is -2.29. The fourth-order valence-corrected chi connectivity index (χ4v) is 2.29. The van der Waals surface area contributed by atoms with Crippen LogP contribution in [0.25, 0.3) is 0 Å². The van der Waals surface area contributed by atoms with Crippen molar-refractivity contribution >= 4 is 5.97 Å². The van der Waals surface area contributed by atoms with Crippen LogP contribution in [0.15, 0.2) is 18.2 Å². The summed E-state index contributed by atoms with van der Waals surface area (Å²) in [4.78, 5) is 11.8. The van der Waals surface area contributed by atoms with E-state index in [4.69, 9.17) is 14.2 Å². The van der Waals surface area contributed by atoms with Crippen LogP contribution in [0.1, 0.15) is 25.0 Å². The second kappa shape index (κ2) is 6.57. The van der Waals surface area contributed by atoms with Crippen molar-refractivity contribution in [3.8, 4) is 5.75 Å². The molecule has 1 aromatic rings. The topological polar surface area (TPSA) is 44.8 Å². The largest absolute Gasteiger partial charge is 0.493 e. The maximum Gasteiger partial charge on any atom is 0.335 e. The first-order chi connectivity index (χ1) is 9.26. The van der Waals surface area contributed by atoms with Crippen molar-refractivity contribution in [2.45, 2.75) is 32.8 Å². The molecule has 104 valence electrons. The van der Waals surface area contributed by atoms with Gasteiger partial charge in [0, 0.05) is 19.4 Å². The molecule has 1 heterocycles. The number of hydrogen-bond donors (Lipinski definition) is 0. The zero-order valence-corrected chi connectivity index (χ0v) is 11.5. The van der Waals surface area contributed by atoms with E-state index in [-0.39, 0.29) is 5.97 Å². The highest BCUT2D eigenvalue weighted by atomic mass is 16.6. The van der Waals surface area contributed by atoms with Crippen LogP contribution in [0.5, 0.6) is 5.75 Å². The molecule has 0 saturated heterocycles. The van der Waals surface area contributed by atoms with Crippen molar-refractivity contribution in [2.24, 2.45) is 0 Å². The number of carbonyl (C=O) groups excluding carboxylic acids is 1. The first-order valence-corrected chi connectivity index (χ1v) is 6.78. The van der Waals surface area contributed by atoms with Gasteiger partial charge in [-0.15, -0.1) is 0 Å². The number of benzene rings is 1. The van der Waals surface area contributed by atoms with Crippen molar-refractivity contribution in [1.29, 1.82) is 0 Å². The molecule has 2 rings (SSSR count). The van der Waals surface area contributed by atoms with Gasteiger partial charge in [-0.25, -0.2) is 4.79 Å². The van der Waals surface area contributed by atoms with Crippen LogP contribution in [0.2, 0.25) is 0 Å². The van der Waals surface area contributed by atoms with Crippen LogP contribution in [0.4, 0.5) is 0 Å². The summed E-state index contributed by atoms with van der Waals surface area (Å²) in [5.74, 6) is 0.608. The van der Waals surface area contributed by atoms with Crippen LogP contribution in [-0.4, -0.2) is 31.9 Å². The lowest BCUT2D eigenvalue weighted by atomic mass is 10.0. The molecule has 1 aliphatic rings. The monoisotopic (exact) mass is 264 g/mol. The van der Waals surface area contributed by atoms with E-state index >= 15 is 0 Å². The Kier molecular flexibility index (Phi) is 4.80. The van der Waals surface area contributed by atoms with Gasteiger partial charge in [0.05, 0.1) is 13.2 Å². The Labute approximate surface area is 113 Å². The Balaban J connectivity index is 2.13. The van der Waals surface area contributed by atoms with E-state index in [0.717, 1.165) is 17.7 Å². The SMILES string of the molecule is CCOC(=O)C(Cc1cccc2c1OCC2)OCC. The normalized spacial score (nSPS) is 14.6. The number of fused-ring (bicyclic) bond motifs is 1. The zero-order valence-electron chi connectivity index (χ0n) is 11.5. The number of rotatable bonds is 6. The van der Waals surface area contributed by atoms with E-state index in [1.165, 1.54) is 5.56 Å². The van der Waals surface area contributed by atoms with Crippen LogP contribution < -0.4 is 4.74 Å². The lowest BCUT2D eigenvalue weighted by Gasteiger charge is -2.17. The van der Waals surface area contributed by atoms with Gasteiger partial charge in [-0.05, 0) is 25.0 Å². The first-order valence-electron chi connectivity index (χ1n) is 6.78. The molecule has 1 atom stereocenters. The Bertz CT molecular complexity index is 442. The maximum atomic E-state index is 11.8. The number of hydrogen-bond acceptors (Lipinski definition) is 4. The molecule has 0 aliphatic carbocycles. The molecule has 1 unspecified atom stereocenters. The van der Waals surface area contributed by atoms with E-state index in [0.29, 0.717) is 26.2 Å². The average molecular weight is 264 g/mol. The third-order valence-electron chi connectivity index (χ3n) is 3.12. The molecule has 19 heavy (non-hydrogen) atoms. The minimum atomic E-state index is -0.555. The minimum Gasteiger partial charge on any atom is -0.493 e. The highest BCUT2D eigenvalue weighted by Gasteiger charge is 2.24. The van der Waals surface area contributed by atoms with Gasteiger partial charge in [0.2, 0.25) is 0 Å². The second-order valence-corrected chi connectivity index (χ2v) is 4.40. The summed E-state index contributed by atoms with van der Waals surface area (Å²) in [6.07, 6.45) is 0.873. The molecule has 4 heteroatoms. The standard InChI is InChI=1S/C15H20O4/c1-3-17-13(15(16)18-4-2)10-12-7-5-6-11-8-9-19-14(11)12/h5-7,13H,3-4,8-10H2,1-2H3. The Morgan fingerprint density at radius 2 is 2.21 bits per heavy atom. The zero-order chi connectivity index (χ0) is 13.7. The van der Waals surface area contributed by atoms with Gasteiger partial charge in [-0.3, -0.25) is 0 Å². The Morgan fingerprint density at radius 1 is 1.37 bits per heavy atom. The highest BCUT2D eigenvalue weighted by molar-refractivity contribution is 5.75. The maximum absolute atomic E-state index is 11.8. The van der Waals surface area contributed by atoms with Gasteiger partial charge < -0.3 is 14.2 Å². The molecule has 4 nitrogen and oxygen atoms in total. The minimum absolute atomic E-state index is 0.306. The summed E-state index contributed by atoms with van der Waals surface area (Å²) in [7, 11) is 0. The van der Waals surface area contributed by atoms with Crippen molar-refractivity contribution in [1.82, 2.24) is 0 Å². The third kappa shape index (κ3) is 3.26. The molecule has 1 aliphatic heterocycles. The van der Waals surface area contributed by atoms with E-state index in [9.17, 15) is 4.79 Å². The van der Waals surface area contributed by atoms with Crippen molar-refractivity contribution in [2.75, 3.05) is 19.8 Å². The summed E-state index contributed by atoms with van der Waals surface area (Å²) in [6, 6.07) is 6.04. The molecular formula is C15H20O4. The van der Waals surface area contributed by atoms with E-state index in [1.807, 2.05) is 19.1 Å². The molecule has 0 aromatic heterocycles. The molecule has 0 fully saturated rings. The third-order valence-corrected chi connectivity index (χ3v) is 3.12. The van der Waals surface area contributed by atoms with Crippen molar-refractivity contribution < 1.29 is 19.0 Å². The Morgan fingerprint density at radius 3 is 2.95 bits per heavy atom. The molecular weight excluding hydrogens is 244 g/mol. The first kappa shape index (κ1) is 13.9. The molecule has 0 bridgehead atoms. The number of para-hydroxylation sites is 1. The van der Waals surface area contributed by atoms with E-state index in [2.05, 4.69) is 6.07 Å². The van der Waals surface area contributed by atoms with Crippen molar-refractivity contribution in [3.63, 3.8) is 0 Å². The van der Waals surface area contributed by atoms with Gasteiger partial charge in [-0.2, -0.15) is 0 Å². The number of ether oxygens (including phenoxy) is 3. The van der Waals surface area contributed by atoms with Gasteiger partial charge in [0.15, 0.2) is 6.10 Å².